The molecule has 92 valence electrons. The summed E-state index contributed by atoms with van der Waals surface area (Å²) < 4.78 is 9.89. The summed E-state index contributed by atoms with van der Waals surface area (Å²) >= 11 is 0. The second-order valence-corrected chi connectivity index (χ2v) is 3.46. The summed E-state index contributed by atoms with van der Waals surface area (Å²) in [5, 5.41) is 9.66. The number of aliphatic hydroxyl groups excluding tert-OH is 1. The number of ether oxygens (including phenoxy) is 1. The summed E-state index contributed by atoms with van der Waals surface area (Å²) in [6.07, 6.45) is 6.57. The third-order valence-corrected chi connectivity index (χ3v) is 2.08. The number of aliphatic hydroxyl groups is 1. The summed E-state index contributed by atoms with van der Waals surface area (Å²) in [5.74, 6) is 0.827. The highest BCUT2D eigenvalue weighted by atomic mass is 16.5. The van der Waals surface area contributed by atoms with Crippen molar-refractivity contribution in [1.82, 2.24) is 0 Å². The van der Waals surface area contributed by atoms with Crippen molar-refractivity contribution in [2.45, 2.75) is 19.4 Å². The summed E-state index contributed by atoms with van der Waals surface area (Å²) in [7, 11) is 1.47. The Kier molecular flexibility index (Phi) is 5.23. The predicted octanol–water partition coefficient (Wildman–Crippen LogP) is 1.68. The lowest BCUT2D eigenvalue weighted by atomic mass is 10.2. The van der Waals surface area contributed by atoms with Gasteiger partial charge in [-0.25, -0.2) is 4.79 Å². The van der Waals surface area contributed by atoms with Gasteiger partial charge in [-0.15, -0.1) is 0 Å². The zero-order valence-electron chi connectivity index (χ0n) is 9.92. The molecule has 0 aliphatic rings. The second-order valence-electron chi connectivity index (χ2n) is 3.46. The Morgan fingerprint density at radius 3 is 2.88 bits per heavy atom. The Labute approximate surface area is 99.8 Å². The van der Waals surface area contributed by atoms with Crippen LogP contribution in [0.1, 0.15) is 12.7 Å². The first kappa shape index (κ1) is 13.3. The molecule has 1 unspecified atom stereocenters. The molecular weight excluding hydrogens is 220 g/mol. The molecule has 0 saturated carbocycles. The van der Waals surface area contributed by atoms with Crippen LogP contribution < -0.4 is 10.4 Å². The molecule has 1 aromatic rings. The first-order valence-electron chi connectivity index (χ1n) is 5.31. The van der Waals surface area contributed by atoms with Crippen LogP contribution >= 0.6 is 0 Å². The highest BCUT2D eigenvalue weighted by Gasteiger charge is 2.06. The molecule has 4 heteroatoms. The van der Waals surface area contributed by atoms with Gasteiger partial charge in [0, 0.05) is 12.5 Å². The largest absolute Gasteiger partial charge is 0.496 e. The van der Waals surface area contributed by atoms with Crippen molar-refractivity contribution in [3.8, 4) is 5.75 Å². The van der Waals surface area contributed by atoms with Gasteiger partial charge in [-0.2, -0.15) is 0 Å². The molecule has 0 bridgehead atoms. The van der Waals surface area contributed by atoms with E-state index in [4.69, 9.17) is 9.15 Å². The fourth-order valence-corrected chi connectivity index (χ4v) is 1.30. The number of hydrogen-bond acceptors (Lipinski definition) is 4. The van der Waals surface area contributed by atoms with Crippen LogP contribution in [0.2, 0.25) is 0 Å². The fourth-order valence-electron chi connectivity index (χ4n) is 1.30. The monoisotopic (exact) mass is 236 g/mol. The van der Waals surface area contributed by atoms with E-state index in [0.717, 1.165) is 0 Å². The van der Waals surface area contributed by atoms with E-state index in [1.165, 1.54) is 13.2 Å². The lowest BCUT2D eigenvalue weighted by molar-refractivity contribution is 0.212. The van der Waals surface area contributed by atoms with Gasteiger partial charge in [-0.05, 0) is 6.92 Å². The zero-order chi connectivity index (χ0) is 12.7. The minimum absolute atomic E-state index is 0.237. The summed E-state index contributed by atoms with van der Waals surface area (Å²) in [6.45, 7) is 1.89. The van der Waals surface area contributed by atoms with E-state index >= 15 is 0 Å². The van der Waals surface area contributed by atoms with Crippen molar-refractivity contribution >= 4 is 0 Å². The van der Waals surface area contributed by atoms with Crippen molar-refractivity contribution in [2.24, 2.45) is 0 Å². The van der Waals surface area contributed by atoms with E-state index in [0.29, 0.717) is 11.5 Å². The maximum absolute atomic E-state index is 11.2. The lowest BCUT2D eigenvalue weighted by Crippen LogP contribution is -2.09. The molecule has 1 heterocycles. The van der Waals surface area contributed by atoms with Gasteiger partial charge in [0.25, 0.3) is 0 Å². The minimum Gasteiger partial charge on any atom is -0.496 e. The van der Waals surface area contributed by atoms with Gasteiger partial charge < -0.3 is 14.3 Å². The third-order valence-electron chi connectivity index (χ3n) is 2.08. The van der Waals surface area contributed by atoms with E-state index in [1.54, 1.807) is 18.2 Å². The first-order valence-corrected chi connectivity index (χ1v) is 5.31. The highest BCUT2D eigenvalue weighted by Crippen LogP contribution is 2.11. The molecular formula is C13H16O4. The average Bonchev–Trinajstić information content (AvgIpc) is 2.28. The van der Waals surface area contributed by atoms with Crippen molar-refractivity contribution in [1.29, 1.82) is 0 Å². The van der Waals surface area contributed by atoms with Gasteiger partial charge in [-0.1, -0.05) is 24.3 Å². The predicted molar refractivity (Wildman–Crippen MR) is 65.2 cm³/mol. The third kappa shape index (κ3) is 4.70. The molecule has 17 heavy (non-hydrogen) atoms. The van der Waals surface area contributed by atoms with Crippen molar-refractivity contribution in [2.75, 3.05) is 7.11 Å². The van der Waals surface area contributed by atoms with Crippen LogP contribution in [-0.4, -0.2) is 18.3 Å². The van der Waals surface area contributed by atoms with Gasteiger partial charge in [-0.3, -0.25) is 0 Å². The van der Waals surface area contributed by atoms with E-state index in [1.807, 2.05) is 19.1 Å². The standard InChI is InChI=1S/C13H16O4/c1-3-4-5-6-10(14)7-12-8-11(16-2)9-13(15)17-12/h3-6,8-10,14H,7H2,1-2H3/b4-3+,6-5+. The Bertz CT molecular complexity index is 457. The Morgan fingerprint density at radius 1 is 1.47 bits per heavy atom. The van der Waals surface area contributed by atoms with E-state index < -0.39 is 11.7 Å². The maximum Gasteiger partial charge on any atom is 0.339 e. The summed E-state index contributed by atoms with van der Waals surface area (Å²) in [6, 6.07) is 2.85. The van der Waals surface area contributed by atoms with Crippen molar-refractivity contribution < 1.29 is 14.3 Å². The van der Waals surface area contributed by atoms with Gasteiger partial charge in [0.2, 0.25) is 0 Å². The Morgan fingerprint density at radius 2 is 2.24 bits per heavy atom. The second kappa shape index (κ2) is 6.70. The summed E-state index contributed by atoms with van der Waals surface area (Å²) in [4.78, 5) is 11.2. The van der Waals surface area contributed by atoms with Crippen LogP contribution in [0.3, 0.4) is 0 Å². The van der Waals surface area contributed by atoms with Gasteiger partial charge in [0.05, 0.1) is 19.3 Å². The van der Waals surface area contributed by atoms with Crippen LogP contribution in [0.25, 0.3) is 0 Å². The molecule has 0 spiro atoms. The van der Waals surface area contributed by atoms with Gasteiger partial charge in [0.1, 0.15) is 11.5 Å². The molecule has 1 N–H and O–H groups in total. The van der Waals surface area contributed by atoms with Crippen molar-refractivity contribution in [3.63, 3.8) is 0 Å². The van der Waals surface area contributed by atoms with Crippen LogP contribution in [0, 0.1) is 0 Å². The van der Waals surface area contributed by atoms with Crippen LogP contribution in [0.4, 0.5) is 0 Å². The number of hydrogen-bond donors (Lipinski definition) is 1. The molecule has 0 aliphatic heterocycles. The molecule has 1 atom stereocenters. The van der Waals surface area contributed by atoms with Crippen LogP contribution in [0.5, 0.6) is 5.75 Å². The van der Waals surface area contributed by atoms with E-state index in [9.17, 15) is 9.90 Å². The number of rotatable bonds is 5. The first-order chi connectivity index (χ1) is 8.15. The van der Waals surface area contributed by atoms with Gasteiger partial charge in [0.15, 0.2) is 0 Å². The lowest BCUT2D eigenvalue weighted by Gasteiger charge is -2.05. The SMILES string of the molecule is C/C=C/C=C/C(O)Cc1cc(OC)cc(=O)o1. The molecule has 0 radical (unpaired) electrons. The molecule has 4 nitrogen and oxygen atoms in total. The molecule has 0 aliphatic carbocycles. The normalized spacial score (nSPS) is 13.4. The molecule has 1 aromatic heterocycles. The fraction of sp³-hybridized carbons (Fsp3) is 0.308. The van der Waals surface area contributed by atoms with Crippen LogP contribution in [0.15, 0.2) is 45.6 Å². The number of allylic oxidation sites excluding steroid dienone is 3. The van der Waals surface area contributed by atoms with Crippen LogP contribution in [-0.2, 0) is 6.42 Å². The van der Waals surface area contributed by atoms with Gasteiger partial charge >= 0.3 is 5.63 Å². The topological polar surface area (TPSA) is 59.7 Å². The maximum atomic E-state index is 11.2. The average molecular weight is 236 g/mol. The Hall–Kier alpha value is -1.81. The number of methoxy groups -OCH3 is 1. The van der Waals surface area contributed by atoms with E-state index in [-0.39, 0.29) is 6.42 Å². The molecule has 0 aromatic carbocycles. The van der Waals surface area contributed by atoms with Crippen molar-refractivity contribution in [3.05, 3.63) is 52.6 Å². The quantitative estimate of drug-likeness (QED) is 0.790. The molecule has 0 saturated heterocycles. The van der Waals surface area contributed by atoms with E-state index in [2.05, 4.69) is 0 Å². The molecule has 0 fully saturated rings. The smallest absolute Gasteiger partial charge is 0.339 e. The molecule has 0 amide bonds. The zero-order valence-corrected chi connectivity index (χ0v) is 9.92. The Balaban J connectivity index is 2.74. The molecule has 1 rings (SSSR count). The minimum atomic E-state index is -0.693. The highest BCUT2D eigenvalue weighted by molar-refractivity contribution is 5.21. The summed E-state index contributed by atoms with van der Waals surface area (Å²) in [5.41, 5.74) is -0.482.